The van der Waals surface area contributed by atoms with Gasteiger partial charge in [-0.2, -0.15) is 0 Å². The molecule has 0 bridgehead atoms. The van der Waals surface area contributed by atoms with E-state index >= 15 is 0 Å². The number of amides is 1. The molecule has 0 aromatic carbocycles. The Morgan fingerprint density at radius 3 is 2.63 bits per heavy atom. The molecule has 2 aliphatic carbocycles. The van der Waals surface area contributed by atoms with Crippen LogP contribution in [0.5, 0.6) is 0 Å². The van der Waals surface area contributed by atoms with Gasteiger partial charge in [0.15, 0.2) is 0 Å². The largest absolute Gasteiger partial charge is 0.513 e. The van der Waals surface area contributed by atoms with Crippen LogP contribution in [0.15, 0.2) is 11.3 Å². The van der Waals surface area contributed by atoms with E-state index in [1.165, 1.54) is 0 Å². The fourth-order valence-corrected chi connectivity index (χ4v) is 5.51. The van der Waals surface area contributed by atoms with Crippen LogP contribution in [0, 0.1) is 17.8 Å². The normalized spacial score (nSPS) is 36.7. The van der Waals surface area contributed by atoms with Gasteiger partial charge in [-0.15, -0.1) is 0 Å². The predicted octanol–water partition coefficient (Wildman–Crippen LogP) is 3.66. The number of nitrogens with one attached hydrogen (secondary N) is 1. The molecule has 0 radical (unpaired) electrons. The smallest absolute Gasteiger partial charge is 0.434 e. The lowest BCUT2D eigenvalue weighted by Crippen LogP contribution is -2.48. The molecule has 2 N–H and O–H groups in total. The predicted molar refractivity (Wildman–Crippen MR) is 104 cm³/mol. The summed E-state index contributed by atoms with van der Waals surface area (Å²) >= 11 is 3.76. The van der Waals surface area contributed by atoms with Gasteiger partial charge in [0.25, 0.3) is 5.91 Å². The molecule has 2 saturated carbocycles. The molecule has 3 unspecified atom stereocenters. The van der Waals surface area contributed by atoms with Crippen LogP contribution < -0.4 is 5.32 Å². The highest BCUT2D eigenvalue weighted by molar-refractivity contribution is 9.09. The van der Waals surface area contributed by atoms with Gasteiger partial charge < -0.3 is 19.9 Å². The SMILES string of the molecule is CCOC(=O)OC1=C(C2CC(C)CCC2Br)C(=O)NC12CCC(CO)CC2. The van der Waals surface area contributed by atoms with E-state index in [0.717, 1.165) is 32.1 Å². The van der Waals surface area contributed by atoms with Crippen molar-refractivity contribution in [2.24, 2.45) is 17.8 Å². The number of aliphatic hydroxyl groups is 1. The highest BCUT2D eigenvalue weighted by Crippen LogP contribution is 2.47. The summed E-state index contributed by atoms with van der Waals surface area (Å²) in [5.41, 5.74) is -0.0444. The van der Waals surface area contributed by atoms with Gasteiger partial charge >= 0.3 is 6.16 Å². The Morgan fingerprint density at radius 2 is 2.00 bits per heavy atom. The first-order valence-electron chi connectivity index (χ1n) is 10.1. The summed E-state index contributed by atoms with van der Waals surface area (Å²) in [6.07, 6.45) is 5.17. The Labute approximate surface area is 169 Å². The van der Waals surface area contributed by atoms with Crippen LogP contribution in [0.4, 0.5) is 4.79 Å². The van der Waals surface area contributed by atoms with Crippen LogP contribution in [0.2, 0.25) is 0 Å². The summed E-state index contributed by atoms with van der Waals surface area (Å²) in [6, 6.07) is 0. The molecule has 3 aliphatic rings. The summed E-state index contributed by atoms with van der Waals surface area (Å²) < 4.78 is 10.7. The van der Waals surface area contributed by atoms with E-state index in [1.54, 1.807) is 6.92 Å². The van der Waals surface area contributed by atoms with Gasteiger partial charge in [-0.25, -0.2) is 4.79 Å². The molecule has 0 saturated heterocycles. The van der Waals surface area contributed by atoms with Gasteiger partial charge in [0, 0.05) is 17.4 Å². The van der Waals surface area contributed by atoms with E-state index in [4.69, 9.17) is 9.47 Å². The maximum absolute atomic E-state index is 13.0. The van der Waals surface area contributed by atoms with E-state index in [1.807, 2.05) is 0 Å². The van der Waals surface area contributed by atoms with Gasteiger partial charge in [-0.3, -0.25) is 4.79 Å². The second-order valence-corrected chi connectivity index (χ2v) is 9.41. The van der Waals surface area contributed by atoms with Crippen molar-refractivity contribution in [1.82, 2.24) is 5.32 Å². The zero-order valence-electron chi connectivity index (χ0n) is 16.1. The molecule has 0 aromatic heterocycles. The number of hydrogen-bond donors (Lipinski definition) is 2. The van der Waals surface area contributed by atoms with Crippen LogP contribution >= 0.6 is 15.9 Å². The number of halogens is 1. The zero-order valence-corrected chi connectivity index (χ0v) is 17.7. The molecule has 152 valence electrons. The number of aliphatic hydroxyl groups excluding tert-OH is 1. The first-order chi connectivity index (χ1) is 12.9. The van der Waals surface area contributed by atoms with Crippen LogP contribution in [0.1, 0.15) is 58.8 Å². The summed E-state index contributed by atoms with van der Waals surface area (Å²) in [7, 11) is 0. The molecule has 6 nitrogen and oxygen atoms in total. The highest BCUT2D eigenvalue weighted by Gasteiger charge is 2.52. The quantitative estimate of drug-likeness (QED) is 0.511. The molecule has 1 aliphatic heterocycles. The van der Waals surface area contributed by atoms with Crippen molar-refractivity contribution in [2.75, 3.05) is 13.2 Å². The third-order valence-corrected chi connectivity index (χ3v) is 7.44. The van der Waals surface area contributed by atoms with Crippen molar-refractivity contribution in [3.05, 3.63) is 11.3 Å². The summed E-state index contributed by atoms with van der Waals surface area (Å²) in [5, 5.41) is 12.6. The molecule has 7 heteroatoms. The number of ether oxygens (including phenoxy) is 2. The zero-order chi connectivity index (χ0) is 19.6. The third kappa shape index (κ3) is 4.19. The van der Waals surface area contributed by atoms with Crippen molar-refractivity contribution >= 4 is 28.0 Å². The van der Waals surface area contributed by atoms with Crippen molar-refractivity contribution in [3.63, 3.8) is 0 Å². The lowest BCUT2D eigenvalue weighted by molar-refractivity contribution is -0.118. The van der Waals surface area contributed by atoms with Gasteiger partial charge in [0.2, 0.25) is 0 Å². The fraction of sp³-hybridized carbons (Fsp3) is 0.800. The van der Waals surface area contributed by atoms with Gasteiger partial charge in [0.1, 0.15) is 5.76 Å². The lowest BCUT2D eigenvalue weighted by Gasteiger charge is -2.38. The number of hydrogen-bond acceptors (Lipinski definition) is 5. The fourth-order valence-electron chi connectivity index (χ4n) is 4.77. The standard InChI is InChI=1S/C20H30BrNO5/c1-3-26-19(25)27-17-16(14-10-12(2)4-5-15(14)21)18(24)22-20(17)8-6-13(11-23)7-9-20/h12-15,23H,3-11H2,1-2H3,(H,22,24). The maximum Gasteiger partial charge on any atom is 0.513 e. The van der Waals surface area contributed by atoms with E-state index in [2.05, 4.69) is 28.2 Å². The van der Waals surface area contributed by atoms with Crippen LogP contribution in [0.3, 0.4) is 0 Å². The summed E-state index contributed by atoms with van der Waals surface area (Å²) in [5.74, 6) is 1.12. The van der Waals surface area contributed by atoms with E-state index in [-0.39, 0.29) is 35.8 Å². The molecule has 1 heterocycles. The number of carbonyl (C=O) groups is 2. The highest BCUT2D eigenvalue weighted by atomic mass is 79.9. The minimum atomic E-state index is -0.750. The second kappa shape index (κ2) is 8.52. The van der Waals surface area contributed by atoms with Crippen LogP contribution in [-0.2, 0) is 14.3 Å². The number of carbonyl (C=O) groups excluding carboxylic acids is 2. The van der Waals surface area contributed by atoms with E-state index in [9.17, 15) is 14.7 Å². The Morgan fingerprint density at radius 1 is 1.30 bits per heavy atom. The average molecular weight is 444 g/mol. The van der Waals surface area contributed by atoms with Crippen molar-refractivity contribution < 1.29 is 24.2 Å². The molecule has 3 rings (SSSR count). The Balaban J connectivity index is 1.96. The molecule has 3 atom stereocenters. The number of alkyl halides is 1. The second-order valence-electron chi connectivity index (χ2n) is 8.23. The van der Waals surface area contributed by atoms with Gasteiger partial charge in [-0.1, -0.05) is 22.9 Å². The van der Waals surface area contributed by atoms with Crippen molar-refractivity contribution in [2.45, 2.75) is 69.2 Å². The first kappa shape index (κ1) is 20.6. The summed E-state index contributed by atoms with van der Waals surface area (Å²) in [6.45, 7) is 4.31. The van der Waals surface area contributed by atoms with E-state index < -0.39 is 11.7 Å². The third-order valence-electron chi connectivity index (χ3n) is 6.34. The monoisotopic (exact) mass is 443 g/mol. The van der Waals surface area contributed by atoms with Crippen LogP contribution in [-0.4, -0.2) is 40.7 Å². The lowest BCUT2D eigenvalue weighted by atomic mass is 9.74. The topological polar surface area (TPSA) is 84.9 Å². The molecule has 1 spiro atoms. The van der Waals surface area contributed by atoms with Crippen LogP contribution in [0.25, 0.3) is 0 Å². The minimum absolute atomic E-state index is 0.0214. The van der Waals surface area contributed by atoms with Crippen molar-refractivity contribution in [1.29, 1.82) is 0 Å². The molecular formula is C20H30BrNO5. The maximum atomic E-state index is 13.0. The molecular weight excluding hydrogens is 414 g/mol. The first-order valence-corrected chi connectivity index (χ1v) is 11.0. The van der Waals surface area contributed by atoms with Gasteiger partial charge in [-0.05, 0) is 63.7 Å². The minimum Gasteiger partial charge on any atom is -0.434 e. The van der Waals surface area contributed by atoms with Crippen molar-refractivity contribution in [3.8, 4) is 0 Å². The molecule has 27 heavy (non-hydrogen) atoms. The molecule has 0 aromatic rings. The average Bonchev–Trinajstić information content (AvgIpc) is 2.89. The summed E-state index contributed by atoms with van der Waals surface area (Å²) in [4.78, 5) is 25.4. The van der Waals surface area contributed by atoms with Gasteiger partial charge in [0.05, 0.1) is 17.7 Å². The molecule has 1 amide bonds. The number of rotatable bonds is 4. The Kier molecular flexibility index (Phi) is 6.51. The van der Waals surface area contributed by atoms with E-state index in [0.29, 0.717) is 30.1 Å². The molecule has 2 fully saturated rings. The Hall–Kier alpha value is -1.08. The Bertz CT molecular complexity index is 611.